The average Bonchev–Trinajstić information content (AvgIpc) is 2.62. The van der Waals surface area contributed by atoms with Crippen LogP contribution in [0.2, 0.25) is 0 Å². The first-order chi connectivity index (χ1) is 11.7. The summed E-state index contributed by atoms with van der Waals surface area (Å²) in [7, 11) is 1.69. The predicted molar refractivity (Wildman–Crippen MR) is 101 cm³/mol. The number of carbonyl (C=O) groups is 1. The van der Waals surface area contributed by atoms with Crippen molar-refractivity contribution in [1.82, 2.24) is 0 Å². The number of hydrogen-bond acceptors (Lipinski definition) is 3. The van der Waals surface area contributed by atoms with Crippen LogP contribution >= 0.6 is 15.9 Å². The van der Waals surface area contributed by atoms with Crippen molar-refractivity contribution in [2.24, 2.45) is 0 Å². The summed E-state index contributed by atoms with van der Waals surface area (Å²) in [5.74, 6) is 1.23. The highest BCUT2D eigenvalue weighted by Gasteiger charge is 2.26. The lowest BCUT2D eigenvalue weighted by atomic mass is 9.92. The van der Waals surface area contributed by atoms with Gasteiger partial charge in [-0.15, -0.1) is 0 Å². The second-order valence-corrected chi connectivity index (χ2v) is 7.06. The molecule has 0 aromatic heterocycles. The van der Waals surface area contributed by atoms with Gasteiger partial charge in [-0.05, 0) is 46.5 Å². The first kappa shape index (κ1) is 17.0. The van der Waals surface area contributed by atoms with E-state index in [1.54, 1.807) is 7.11 Å². The molecule has 0 spiro atoms. The Kier molecular flexibility index (Phi) is 5.56. The highest BCUT2D eigenvalue weighted by molar-refractivity contribution is 9.10. The van der Waals surface area contributed by atoms with Crippen LogP contribution in [0.3, 0.4) is 0 Å². The molecule has 3 nitrogen and oxygen atoms in total. The van der Waals surface area contributed by atoms with E-state index in [-0.39, 0.29) is 0 Å². The standard InChI is InChI=1S/C20H22BrNO2/c1-24-18-11-12-19(21)20(13-18)22(14-15-5-3-2-4-6-15)16-7-9-17(23)10-8-16/h2-6,11-13,16H,7-10,14H2,1H3. The Morgan fingerprint density at radius 1 is 1.12 bits per heavy atom. The molecule has 24 heavy (non-hydrogen) atoms. The van der Waals surface area contributed by atoms with Gasteiger partial charge in [0, 0.05) is 36.0 Å². The molecule has 2 aromatic carbocycles. The molecular formula is C20H22BrNO2. The van der Waals surface area contributed by atoms with Crippen LogP contribution in [0.1, 0.15) is 31.2 Å². The van der Waals surface area contributed by atoms with Crippen molar-refractivity contribution in [3.63, 3.8) is 0 Å². The molecule has 4 heteroatoms. The second kappa shape index (κ2) is 7.84. The minimum absolute atomic E-state index is 0.367. The topological polar surface area (TPSA) is 29.5 Å². The van der Waals surface area contributed by atoms with Crippen LogP contribution < -0.4 is 9.64 Å². The Hall–Kier alpha value is -1.81. The van der Waals surface area contributed by atoms with E-state index in [1.807, 2.05) is 18.2 Å². The fraction of sp³-hybridized carbons (Fsp3) is 0.350. The fourth-order valence-electron chi connectivity index (χ4n) is 3.27. The molecule has 0 heterocycles. The van der Waals surface area contributed by atoms with Gasteiger partial charge in [0.05, 0.1) is 12.8 Å². The second-order valence-electron chi connectivity index (χ2n) is 6.20. The molecule has 1 aliphatic carbocycles. The van der Waals surface area contributed by atoms with Crippen molar-refractivity contribution in [1.29, 1.82) is 0 Å². The minimum Gasteiger partial charge on any atom is -0.497 e. The Bertz CT molecular complexity index is 692. The molecule has 0 unspecified atom stereocenters. The number of Topliss-reactive ketones (excluding diaryl/α,β-unsaturated/α-hetero) is 1. The van der Waals surface area contributed by atoms with Crippen LogP contribution in [-0.4, -0.2) is 18.9 Å². The number of hydrogen-bond donors (Lipinski definition) is 0. The summed E-state index contributed by atoms with van der Waals surface area (Å²) in [4.78, 5) is 14.1. The highest BCUT2D eigenvalue weighted by Crippen LogP contribution is 2.35. The molecule has 0 aliphatic heterocycles. The summed E-state index contributed by atoms with van der Waals surface area (Å²) in [5.41, 5.74) is 2.39. The lowest BCUT2D eigenvalue weighted by molar-refractivity contribution is -0.120. The maximum Gasteiger partial charge on any atom is 0.133 e. The van der Waals surface area contributed by atoms with E-state index in [2.05, 4.69) is 51.2 Å². The third kappa shape index (κ3) is 3.99. The first-order valence-corrected chi connectivity index (χ1v) is 9.12. The van der Waals surface area contributed by atoms with E-state index in [1.165, 1.54) is 5.56 Å². The molecule has 0 radical (unpaired) electrons. The molecule has 1 fully saturated rings. The van der Waals surface area contributed by atoms with Gasteiger partial charge in [-0.25, -0.2) is 0 Å². The number of anilines is 1. The Morgan fingerprint density at radius 3 is 2.50 bits per heavy atom. The van der Waals surface area contributed by atoms with Gasteiger partial charge in [0.2, 0.25) is 0 Å². The van der Waals surface area contributed by atoms with Crippen molar-refractivity contribution in [3.8, 4) is 5.75 Å². The van der Waals surface area contributed by atoms with Crippen LogP contribution in [0.4, 0.5) is 5.69 Å². The Labute approximate surface area is 151 Å². The number of ketones is 1. The number of carbonyl (C=O) groups excluding carboxylic acids is 1. The Balaban J connectivity index is 1.93. The first-order valence-electron chi connectivity index (χ1n) is 8.33. The van der Waals surface area contributed by atoms with Crippen molar-refractivity contribution in [3.05, 3.63) is 58.6 Å². The molecule has 0 saturated heterocycles. The van der Waals surface area contributed by atoms with Crippen molar-refractivity contribution in [2.75, 3.05) is 12.0 Å². The van der Waals surface area contributed by atoms with Crippen molar-refractivity contribution in [2.45, 2.75) is 38.3 Å². The van der Waals surface area contributed by atoms with Crippen molar-refractivity contribution >= 4 is 27.4 Å². The van der Waals surface area contributed by atoms with E-state index in [4.69, 9.17) is 4.74 Å². The van der Waals surface area contributed by atoms with E-state index in [0.29, 0.717) is 24.7 Å². The number of halogens is 1. The number of rotatable bonds is 5. The maximum absolute atomic E-state index is 11.6. The quantitative estimate of drug-likeness (QED) is 0.724. The third-order valence-corrected chi connectivity index (χ3v) is 5.28. The molecule has 0 N–H and O–H groups in total. The summed E-state index contributed by atoms with van der Waals surface area (Å²) in [6.45, 7) is 0.825. The Morgan fingerprint density at radius 2 is 1.83 bits per heavy atom. The van der Waals surface area contributed by atoms with Crippen LogP contribution in [0.15, 0.2) is 53.0 Å². The van der Waals surface area contributed by atoms with Crippen LogP contribution in [-0.2, 0) is 11.3 Å². The summed E-state index contributed by atoms with van der Waals surface area (Å²) in [6.07, 6.45) is 3.18. The number of ether oxygens (including phenoxy) is 1. The maximum atomic E-state index is 11.6. The summed E-state index contributed by atoms with van der Waals surface area (Å²) >= 11 is 3.69. The molecule has 3 rings (SSSR count). The van der Waals surface area contributed by atoms with E-state index >= 15 is 0 Å². The fourth-order valence-corrected chi connectivity index (χ4v) is 3.74. The summed E-state index contributed by atoms with van der Waals surface area (Å²) in [6, 6.07) is 16.9. The van der Waals surface area contributed by atoms with Gasteiger partial charge in [-0.1, -0.05) is 30.3 Å². The minimum atomic E-state index is 0.367. The molecule has 1 saturated carbocycles. The summed E-state index contributed by atoms with van der Waals surface area (Å²) in [5, 5.41) is 0. The monoisotopic (exact) mass is 387 g/mol. The SMILES string of the molecule is COc1ccc(Br)c(N(Cc2ccccc2)C2CCC(=O)CC2)c1. The van der Waals surface area contributed by atoms with Crippen LogP contribution in [0, 0.1) is 0 Å². The zero-order valence-electron chi connectivity index (χ0n) is 13.9. The van der Waals surface area contributed by atoms with Crippen LogP contribution in [0.25, 0.3) is 0 Å². The zero-order valence-corrected chi connectivity index (χ0v) is 15.5. The zero-order chi connectivity index (χ0) is 16.9. The van der Waals surface area contributed by atoms with Gasteiger partial charge in [-0.2, -0.15) is 0 Å². The summed E-state index contributed by atoms with van der Waals surface area (Å²) < 4.78 is 6.46. The van der Waals surface area contributed by atoms with Gasteiger partial charge in [0.1, 0.15) is 11.5 Å². The van der Waals surface area contributed by atoms with Gasteiger partial charge < -0.3 is 9.64 Å². The van der Waals surface area contributed by atoms with Gasteiger partial charge >= 0.3 is 0 Å². The van der Waals surface area contributed by atoms with Crippen molar-refractivity contribution < 1.29 is 9.53 Å². The highest BCUT2D eigenvalue weighted by atomic mass is 79.9. The van der Waals surface area contributed by atoms with Crippen LogP contribution in [0.5, 0.6) is 5.75 Å². The van der Waals surface area contributed by atoms with Gasteiger partial charge in [0.15, 0.2) is 0 Å². The molecular weight excluding hydrogens is 366 g/mol. The average molecular weight is 388 g/mol. The molecule has 0 amide bonds. The molecule has 2 aromatic rings. The molecule has 126 valence electrons. The number of methoxy groups -OCH3 is 1. The van der Waals surface area contributed by atoms with E-state index < -0.39 is 0 Å². The smallest absolute Gasteiger partial charge is 0.133 e. The van der Waals surface area contributed by atoms with E-state index in [9.17, 15) is 4.79 Å². The van der Waals surface area contributed by atoms with E-state index in [0.717, 1.165) is 35.3 Å². The third-order valence-electron chi connectivity index (χ3n) is 4.61. The predicted octanol–water partition coefficient (Wildman–Crippen LogP) is 4.98. The number of nitrogens with zero attached hydrogens (tertiary/aromatic N) is 1. The molecule has 1 aliphatic rings. The molecule has 0 atom stereocenters. The lowest BCUT2D eigenvalue weighted by Gasteiger charge is -2.36. The lowest BCUT2D eigenvalue weighted by Crippen LogP contribution is -2.38. The van der Waals surface area contributed by atoms with Gasteiger partial charge in [0.25, 0.3) is 0 Å². The molecule has 0 bridgehead atoms. The van der Waals surface area contributed by atoms with Gasteiger partial charge in [-0.3, -0.25) is 4.79 Å². The normalized spacial score (nSPS) is 15.3. The largest absolute Gasteiger partial charge is 0.497 e. The number of benzene rings is 2.